The van der Waals surface area contributed by atoms with Crippen LogP contribution in [-0.2, 0) is 6.42 Å². The number of nitrogens with zero attached hydrogens (tertiary/aromatic N) is 1. The first-order valence-electron chi connectivity index (χ1n) is 6.43. The van der Waals surface area contributed by atoms with E-state index in [0.717, 1.165) is 22.1 Å². The molecule has 0 saturated heterocycles. The lowest BCUT2D eigenvalue weighted by Gasteiger charge is -2.09. The Morgan fingerprint density at radius 1 is 1.48 bits per heavy atom. The van der Waals surface area contributed by atoms with Crippen LogP contribution >= 0.6 is 34.2 Å². The van der Waals surface area contributed by atoms with Gasteiger partial charge in [-0.05, 0) is 41.1 Å². The number of nitrogens with one attached hydrogen (secondary N) is 2. The smallest absolute Gasteiger partial charge is 0.260 e. The molecule has 1 aromatic heterocycles. The molecule has 0 atom stereocenters. The van der Waals surface area contributed by atoms with Gasteiger partial charge in [0, 0.05) is 15.3 Å². The molecule has 7 heteroatoms. The molecular weight excluding hydrogens is 405 g/mol. The molecule has 21 heavy (non-hydrogen) atoms. The molecule has 1 aromatic carbocycles. The highest BCUT2D eigenvalue weighted by Crippen LogP contribution is 2.28. The van der Waals surface area contributed by atoms with Crippen LogP contribution in [0.4, 0.5) is 5.82 Å². The van der Waals surface area contributed by atoms with Crippen LogP contribution < -0.4 is 10.1 Å². The van der Waals surface area contributed by atoms with Crippen LogP contribution in [0.25, 0.3) is 0 Å². The Hall–Kier alpha value is -1.28. The average Bonchev–Trinajstić information content (AvgIpc) is 2.89. The quantitative estimate of drug-likeness (QED) is 0.723. The highest BCUT2D eigenvalue weighted by molar-refractivity contribution is 14.1. The second kappa shape index (κ2) is 7.13. The summed E-state index contributed by atoms with van der Waals surface area (Å²) >= 11 is 8.16. The summed E-state index contributed by atoms with van der Waals surface area (Å²) < 4.78 is 6.06. The fraction of sp³-hybridized carbons (Fsp3) is 0.286. The van der Waals surface area contributed by atoms with Crippen molar-refractivity contribution >= 4 is 45.9 Å². The maximum atomic E-state index is 12.3. The number of carbonyl (C=O) groups excluding carboxylic acids is 1. The van der Waals surface area contributed by atoms with E-state index in [1.54, 1.807) is 12.1 Å². The molecule has 5 nitrogen and oxygen atoms in total. The van der Waals surface area contributed by atoms with Crippen LogP contribution in [0.2, 0.25) is 5.02 Å². The normalized spacial score (nSPS) is 10.5. The Morgan fingerprint density at radius 3 is 2.90 bits per heavy atom. The lowest BCUT2D eigenvalue weighted by atomic mass is 10.2. The predicted molar refractivity (Wildman–Crippen MR) is 91.3 cm³/mol. The van der Waals surface area contributed by atoms with E-state index >= 15 is 0 Å². The molecule has 1 amide bonds. The van der Waals surface area contributed by atoms with Gasteiger partial charge in [0.2, 0.25) is 0 Å². The Kier molecular flexibility index (Phi) is 5.46. The summed E-state index contributed by atoms with van der Waals surface area (Å²) in [6.07, 6.45) is 1.90. The second-order valence-corrected chi connectivity index (χ2v) is 6.02. The maximum absolute atomic E-state index is 12.3. The number of rotatable bonds is 5. The largest absolute Gasteiger partial charge is 0.496 e. The van der Waals surface area contributed by atoms with Gasteiger partial charge in [-0.3, -0.25) is 9.89 Å². The van der Waals surface area contributed by atoms with Gasteiger partial charge in [-0.25, -0.2) is 0 Å². The number of anilines is 1. The van der Waals surface area contributed by atoms with Crippen molar-refractivity contribution in [2.45, 2.75) is 19.8 Å². The van der Waals surface area contributed by atoms with Crippen LogP contribution in [0.15, 0.2) is 18.2 Å². The molecule has 0 fully saturated rings. The number of H-pyrrole nitrogens is 1. The van der Waals surface area contributed by atoms with Crippen LogP contribution in [0.1, 0.15) is 29.4 Å². The Labute approximate surface area is 141 Å². The number of aromatic nitrogens is 2. The molecule has 0 spiro atoms. The topological polar surface area (TPSA) is 67.0 Å². The van der Waals surface area contributed by atoms with Gasteiger partial charge in [0.05, 0.1) is 17.7 Å². The fourth-order valence-corrected chi connectivity index (χ4v) is 2.48. The summed E-state index contributed by atoms with van der Waals surface area (Å²) in [5.41, 5.74) is 1.36. The lowest BCUT2D eigenvalue weighted by Crippen LogP contribution is -2.13. The molecule has 2 aromatic rings. The summed E-state index contributed by atoms with van der Waals surface area (Å²) in [7, 11) is 1.52. The molecule has 0 aliphatic heterocycles. The average molecular weight is 420 g/mol. The number of benzene rings is 1. The van der Waals surface area contributed by atoms with E-state index in [9.17, 15) is 4.79 Å². The maximum Gasteiger partial charge on any atom is 0.260 e. The first kappa shape index (κ1) is 16.1. The first-order chi connectivity index (χ1) is 10.0. The van der Waals surface area contributed by atoms with Crippen molar-refractivity contribution < 1.29 is 9.53 Å². The van der Waals surface area contributed by atoms with Crippen LogP contribution in [0.3, 0.4) is 0 Å². The number of amides is 1. The molecule has 0 saturated carbocycles. The molecule has 2 rings (SSSR count). The molecule has 2 N–H and O–H groups in total. The van der Waals surface area contributed by atoms with E-state index in [2.05, 4.69) is 45.0 Å². The molecule has 0 bridgehead atoms. The van der Waals surface area contributed by atoms with E-state index in [-0.39, 0.29) is 5.91 Å². The zero-order valence-electron chi connectivity index (χ0n) is 11.7. The van der Waals surface area contributed by atoms with Crippen molar-refractivity contribution in [1.82, 2.24) is 10.2 Å². The van der Waals surface area contributed by atoms with Crippen molar-refractivity contribution in [3.8, 4) is 5.75 Å². The number of aromatic amines is 1. The first-order valence-corrected chi connectivity index (χ1v) is 7.89. The number of ether oxygens (including phenoxy) is 1. The molecule has 0 radical (unpaired) electrons. The Morgan fingerprint density at radius 2 is 2.24 bits per heavy atom. The van der Waals surface area contributed by atoms with Gasteiger partial charge in [0.15, 0.2) is 5.82 Å². The summed E-state index contributed by atoms with van der Waals surface area (Å²) in [5, 5.41) is 10.2. The van der Waals surface area contributed by atoms with Gasteiger partial charge in [-0.1, -0.05) is 24.9 Å². The number of halogens is 2. The van der Waals surface area contributed by atoms with E-state index in [1.165, 1.54) is 7.11 Å². The van der Waals surface area contributed by atoms with Gasteiger partial charge >= 0.3 is 0 Å². The summed E-state index contributed by atoms with van der Waals surface area (Å²) in [4.78, 5) is 12.3. The SMILES string of the molecule is CCCc1cc(NC(=O)c2cc(Cl)c(I)cc2OC)n[nH]1. The minimum Gasteiger partial charge on any atom is -0.496 e. The molecule has 112 valence electrons. The van der Waals surface area contributed by atoms with E-state index in [0.29, 0.717) is 22.2 Å². The number of aryl methyl sites for hydroxylation is 1. The van der Waals surface area contributed by atoms with Gasteiger partial charge in [-0.2, -0.15) is 5.10 Å². The zero-order chi connectivity index (χ0) is 15.4. The summed E-state index contributed by atoms with van der Waals surface area (Å²) in [6, 6.07) is 5.14. The molecule has 1 heterocycles. The molecular formula is C14H15ClIN3O2. The van der Waals surface area contributed by atoms with Gasteiger partial charge < -0.3 is 10.1 Å². The monoisotopic (exact) mass is 419 g/mol. The third-order valence-electron chi connectivity index (χ3n) is 2.88. The zero-order valence-corrected chi connectivity index (χ0v) is 14.6. The number of methoxy groups -OCH3 is 1. The highest BCUT2D eigenvalue weighted by atomic mass is 127. The van der Waals surface area contributed by atoms with Gasteiger partial charge in [0.1, 0.15) is 5.75 Å². The van der Waals surface area contributed by atoms with E-state index in [4.69, 9.17) is 16.3 Å². The molecule has 0 aliphatic rings. The minimum absolute atomic E-state index is 0.306. The van der Waals surface area contributed by atoms with Crippen molar-refractivity contribution in [1.29, 1.82) is 0 Å². The van der Waals surface area contributed by atoms with Gasteiger partial charge in [0.25, 0.3) is 5.91 Å². The van der Waals surface area contributed by atoms with E-state index < -0.39 is 0 Å². The Bertz CT molecular complexity index is 658. The lowest BCUT2D eigenvalue weighted by molar-refractivity contribution is 0.102. The standard InChI is InChI=1S/C14H15ClIN3O2/c1-3-4-8-5-13(19-18-8)17-14(20)9-6-10(15)11(16)7-12(9)21-2/h5-7H,3-4H2,1-2H3,(H2,17,18,19,20). The van der Waals surface area contributed by atoms with Crippen LogP contribution in [0.5, 0.6) is 5.75 Å². The predicted octanol–water partition coefficient (Wildman–Crippen LogP) is 3.88. The fourth-order valence-electron chi connectivity index (χ4n) is 1.88. The van der Waals surface area contributed by atoms with Crippen LogP contribution in [-0.4, -0.2) is 23.2 Å². The minimum atomic E-state index is -0.306. The summed E-state index contributed by atoms with van der Waals surface area (Å²) in [5.74, 6) is 0.658. The van der Waals surface area contributed by atoms with Gasteiger partial charge in [-0.15, -0.1) is 0 Å². The van der Waals surface area contributed by atoms with Crippen molar-refractivity contribution in [3.63, 3.8) is 0 Å². The van der Waals surface area contributed by atoms with Crippen molar-refractivity contribution in [2.75, 3.05) is 12.4 Å². The number of hydrogen-bond donors (Lipinski definition) is 2. The molecule has 0 aliphatic carbocycles. The summed E-state index contributed by atoms with van der Waals surface area (Å²) in [6.45, 7) is 2.08. The highest BCUT2D eigenvalue weighted by Gasteiger charge is 2.16. The van der Waals surface area contributed by atoms with Crippen molar-refractivity contribution in [2.24, 2.45) is 0 Å². The van der Waals surface area contributed by atoms with Crippen molar-refractivity contribution in [3.05, 3.63) is 38.0 Å². The van der Waals surface area contributed by atoms with Crippen LogP contribution in [0, 0.1) is 3.57 Å². The number of hydrogen-bond acceptors (Lipinski definition) is 3. The second-order valence-electron chi connectivity index (χ2n) is 4.45. The third-order valence-corrected chi connectivity index (χ3v) is 4.40. The third kappa shape index (κ3) is 3.88. The number of carbonyl (C=O) groups is 1. The molecule has 0 unspecified atom stereocenters. The van der Waals surface area contributed by atoms with E-state index in [1.807, 2.05) is 6.07 Å². The Balaban J connectivity index is 2.21.